The van der Waals surface area contributed by atoms with Crippen LogP contribution in [0.3, 0.4) is 0 Å². The monoisotopic (exact) mass is 231 g/mol. The zero-order valence-corrected chi connectivity index (χ0v) is 8.92. The molecule has 1 aliphatic heterocycles. The van der Waals surface area contributed by atoms with Crippen molar-refractivity contribution in [1.82, 2.24) is 4.90 Å². The van der Waals surface area contributed by atoms with Crippen molar-refractivity contribution in [3.63, 3.8) is 0 Å². The van der Waals surface area contributed by atoms with E-state index in [-0.39, 0.29) is 5.37 Å². The number of rotatable bonds is 3. The first kappa shape index (κ1) is 11.8. The van der Waals surface area contributed by atoms with Crippen LogP contribution >= 0.6 is 11.8 Å². The van der Waals surface area contributed by atoms with Crippen molar-refractivity contribution in [3.05, 3.63) is 35.7 Å². The van der Waals surface area contributed by atoms with Crippen molar-refractivity contribution >= 4 is 18.0 Å². The highest BCUT2D eigenvalue weighted by molar-refractivity contribution is 8.03. The Morgan fingerprint density at radius 2 is 2.33 bits per heavy atom. The number of thioether (sulfide) groups is 1. The molecule has 1 rings (SSSR count). The van der Waals surface area contributed by atoms with Gasteiger partial charge >= 0.3 is 0 Å². The number of hydrogen-bond acceptors (Lipinski definition) is 4. The van der Waals surface area contributed by atoms with Gasteiger partial charge in [0.2, 0.25) is 0 Å². The topological polar surface area (TPSA) is 41.6 Å². The molecule has 2 N–H and O–H groups in total. The molecule has 1 unspecified atom stereocenters. The molecule has 0 amide bonds. The first-order chi connectivity index (χ1) is 7.15. The smallest absolute Gasteiger partial charge is 0.288 e. The van der Waals surface area contributed by atoms with Gasteiger partial charge in [-0.25, -0.2) is 0 Å². The van der Waals surface area contributed by atoms with E-state index in [1.807, 2.05) is 23.6 Å². The number of halogens is 2. The van der Waals surface area contributed by atoms with Crippen LogP contribution < -0.4 is 5.73 Å². The van der Waals surface area contributed by atoms with Gasteiger partial charge in [0.1, 0.15) is 5.37 Å². The Hall–Kier alpha value is -1.30. The number of nitrogens with zero attached hydrogens (tertiary/aromatic N) is 2. The lowest BCUT2D eigenvalue weighted by Gasteiger charge is -2.19. The fraction of sp³-hybridized carbons (Fsp3) is 0.222. The SMILES string of the molecule is CN1C=CSC1C(/C=N\C=C(F)F)=C/N. The van der Waals surface area contributed by atoms with Gasteiger partial charge in [0.25, 0.3) is 6.08 Å². The average molecular weight is 231 g/mol. The zero-order valence-electron chi connectivity index (χ0n) is 8.10. The lowest BCUT2D eigenvalue weighted by molar-refractivity contribution is 0.419. The number of likely N-dealkylation sites (N-methyl/N-ethyl adjacent to an activating group) is 1. The molecular weight excluding hydrogens is 220 g/mol. The molecule has 0 fully saturated rings. The Bertz CT molecular complexity index is 332. The van der Waals surface area contributed by atoms with Gasteiger partial charge in [-0.2, -0.15) is 8.78 Å². The van der Waals surface area contributed by atoms with E-state index in [0.29, 0.717) is 11.8 Å². The van der Waals surface area contributed by atoms with Gasteiger partial charge in [-0.15, -0.1) is 11.8 Å². The number of nitrogens with two attached hydrogens (primary N) is 1. The minimum absolute atomic E-state index is 0.00909. The predicted octanol–water partition coefficient (Wildman–Crippen LogP) is 2.11. The van der Waals surface area contributed by atoms with Gasteiger partial charge in [-0.3, -0.25) is 4.99 Å². The highest BCUT2D eigenvalue weighted by Crippen LogP contribution is 2.28. The largest absolute Gasteiger partial charge is 0.404 e. The quantitative estimate of drug-likeness (QED) is 0.756. The van der Waals surface area contributed by atoms with Crippen molar-refractivity contribution < 1.29 is 8.78 Å². The molecule has 6 heteroatoms. The normalized spacial score (nSPS) is 21.4. The first-order valence-corrected chi connectivity index (χ1v) is 5.09. The van der Waals surface area contributed by atoms with Gasteiger partial charge in [0.15, 0.2) is 0 Å². The Morgan fingerprint density at radius 3 is 2.80 bits per heavy atom. The summed E-state index contributed by atoms with van der Waals surface area (Å²) in [7, 11) is 1.88. The number of hydrogen-bond donors (Lipinski definition) is 1. The maximum absolute atomic E-state index is 11.7. The summed E-state index contributed by atoms with van der Waals surface area (Å²) in [4.78, 5) is 5.39. The van der Waals surface area contributed by atoms with Crippen LogP contribution in [0.1, 0.15) is 0 Å². The Balaban J connectivity index is 2.66. The molecular formula is C9H11F2N3S. The minimum atomic E-state index is -1.83. The molecule has 1 atom stereocenters. The summed E-state index contributed by atoms with van der Waals surface area (Å²) in [6.07, 6.45) is 3.26. The Labute approximate surface area is 91.0 Å². The summed E-state index contributed by atoms with van der Waals surface area (Å²) in [5.41, 5.74) is 6.09. The van der Waals surface area contributed by atoms with Gasteiger partial charge in [-0.1, -0.05) is 0 Å². The molecule has 0 bridgehead atoms. The van der Waals surface area contributed by atoms with Gasteiger partial charge in [-0.05, 0) is 5.41 Å². The van der Waals surface area contributed by atoms with E-state index in [9.17, 15) is 8.78 Å². The van der Waals surface area contributed by atoms with Gasteiger partial charge in [0, 0.05) is 31.2 Å². The molecule has 3 nitrogen and oxygen atoms in total. The fourth-order valence-corrected chi connectivity index (χ4v) is 2.03. The third-order valence-electron chi connectivity index (χ3n) is 1.75. The Morgan fingerprint density at radius 1 is 1.60 bits per heavy atom. The summed E-state index contributed by atoms with van der Waals surface area (Å²) in [6, 6.07) is 0. The van der Waals surface area contributed by atoms with E-state index in [1.165, 1.54) is 24.2 Å². The van der Waals surface area contributed by atoms with E-state index >= 15 is 0 Å². The average Bonchev–Trinajstić information content (AvgIpc) is 2.59. The molecule has 0 aromatic carbocycles. The molecule has 0 radical (unpaired) electrons. The highest BCUT2D eigenvalue weighted by atomic mass is 32.2. The van der Waals surface area contributed by atoms with Crippen molar-refractivity contribution in [2.24, 2.45) is 10.7 Å². The lowest BCUT2D eigenvalue weighted by Crippen LogP contribution is -2.23. The van der Waals surface area contributed by atoms with E-state index < -0.39 is 6.08 Å². The van der Waals surface area contributed by atoms with E-state index in [4.69, 9.17) is 5.73 Å². The van der Waals surface area contributed by atoms with E-state index in [1.54, 1.807) is 0 Å². The molecule has 82 valence electrons. The Kier molecular flexibility index (Phi) is 4.36. The van der Waals surface area contributed by atoms with Crippen LogP contribution in [0.25, 0.3) is 0 Å². The third-order valence-corrected chi connectivity index (χ3v) is 2.89. The summed E-state index contributed by atoms with van der Waals surface area (Å²) >= 11 is 1.54. The molecule has 0 saturated heterocycles. The third kappa shape index (κ3) is 3.39. The molecule has 0 aromatic rings. The highest BCUT2D eigenvalue weighted by Gasteiger charge is 2.19. The molecule has 0 aliphatic carbocycles. The van der Waals surface area contributed by atoms with Crippen molar-refractivity contribution in [3.8, 4) is 0 Å². The van der Waals surface area contributed by atoms with Gasteiger partial charge in [0.05, 0.1) is 6.20 Å². The van der Waals surface area contributed by atoms with Crippen LogP contribution in [0.15, 0.2) is 40.7 Å². The number of aliphatic imine (C=N–C) groups is 1. The van der Waals surface area contributed by atoms with Crippen molar-refractivity contribution in [2.45, 2.75) is 5.37 Å². The van der Waals surface area contributed by atoms with Crippen molar-refractivity contribution in [1.29, 1.82) is 0 Å². The van der Waals surface area contributed by atoms with Crippen LogP contribution in [0.5, 0.6) is 0 Å². The second-order valence-electron chi connectivity index (χ2n) is 2.80. The van der Waals surface area contributed by atoms with E-state index in [0.717, 1.165) is 0 Å². The molecule has 15 heavy (non-hydrogen) atoms. The molecule has 0 saturated carbocycles. The van der Waals surface area contributed by atoms with Crippen LogP contribution in [0.2, 0.25) is 0 Å². The maximum Gasteiger partial charge on any atom is 0.288 e. The minimum Gasteiger partial charge on any atom is -0.404 e. The van der Waals surface area contributed by atoms with E-state index in [2.05, 4.69) is 4.99 Å². The summed E-state index contributed by atoms with van der Waals surface area (Å²) in [5, 5.41) is 1.92. The predicted molar refractivity (Wildman–Crippen MR) is 59.3 cm³/mol. The molecule has 0 aromatic heterocycles. The molecule has 1 heterocycles. The summed E-state index contributed by atoms with van der Waals surface area (Å²) in [6.45, 7) is 0. The van der Waals surface area contributed by atoms with Crippen LogP contribution in [0.4, 0.5) is 8.78 Å². The lowest BCUT2D eigenvalue weighted by atomic mass is 10.3. The zero-order chi connectivity index (χ0) is 11.3. The van der Waals surface area contributed by atoms with Crippen LogP contribution in [0, 0.1) is 0 Å². The second kappa shape index (κ2) is 5.55. The summed E-state index contributed by atoms with van der Waals surface area (Å²) in [5.74, 6) is 0. The van der Waals surface area contributed by atoms with Crippen LogP contribution in [-0.4, -0.2) is 23.5 Å². The van der Waals surface area contributed by atoms with Gasteiger partial charge < -0.3 is 10.6 Å². The molecule has 0 spiro atoms. The standard InChI is InChI=1S/C9H11F2N3S/c1-14-2-3-15-9(14)7(4-12)5-13-6-8(10)11/h2-6,9H,12H2,1H3/b7-4+,13-5-. The van der Waals surface area contributed by atoms with Crippen LogP contribution in [-0.2, 0) is 0 Å². The maximum atomic E-state index is 11.7. The second-order valence-corrected chi connectivity index (χ2v) is 3.79. The summed E-state index contributed by atoms with van der Waals surface area (Å²) < 4.78 is 23.4. The van der Waals surface area contributed by atoms with Crippen molar-refractivity contribution in [2.75, 3.05) is 7.05 Å². The first-order valence-electron chi connectivity index (χ1n) is 4.15. The fourth-order valence-electron chi connectivity index (χ4n) is 1.06. The molecule has 1 aliphatic rings.